The fraction of sp³-hybridized carbons (Fsp3) is 0.333. The lowest BCUT2D eigenvalue weighted by molar-refractivity contribution is -0.137. The van der Waals surface area contributed by atoms with Gasteiger partial charge in [-0.3, -0.25) is 9.97 Å². The normalized spacial score (nSPS) is 13.8. The van der Waals surface area contributed by atoms with Gasteiger partial charge in [0.1, 0.15) is 6.33 Å². The first-order valence-electron chi connectivity index (χ1n) is 9.76. The maximum atomic E-state index is 15.2. The second-order valence-corrected chi connectivity index (χ2v) is 7.42. The molecular formula is C21H20F4N6. The molecule has 4 rings (SSSR count). The summed E-state index contributed by atoms with van der Waals surface area (Å²) in [5, 5.41) is 2.91. The summed E-state index contributed by atoms with van der Waals surface area (Å²) in [6, 6.07) is 4.97. The van der Waals surface area contributed by atoms with Crippen LogP contribution in [0.25, 0.3) is 0 Å². The zero-order valence-electron chi connectivity index (χ0n) is 16.7. The zero-order valence-corrected chi connectivity index (χ0v) is 16.7. The molecule has 0 spiro atoms. The van der Waals surface area contributed by atoms with Crippen molar-refractivity contribution in [2.24, 2.45) is 0 Å². The molecule has 6 nitrogen and oxygen atoms in total. The minimum atomic E-state index is -4.39. The van der Waals surface area contributed by atoms with Crippen LogP contribution in [0, 0.1) is 12.7 Å². The molecule has 0 unspecified atom stereocenters. The maximum absolute atomic E-state index is 15.2. The van der Waals surface area contributed by atoms with Crippen molar-refractivity contribution in [2.45, 2.75) is 45.1 Å². The molecule has 0 bridgehead atoms. The smallest absolute Gasteiger partial charge is 0.362 e. The molecule has 1 fully saturated rings. The molecule has 0 aliphatic heterocycles. The fourth-order valence-electron chi connectivity index (χ4n) is 3.13. The van der Waals surface area contributed by atoms with Crippen LogP contribution in [-0.4, -0.2) is 26.0 Å². The van der Waals surface area contributed by atoms with E-state index >= 15 is 4.39 Å². The van der Waals surface area contributed by atoms with Crippen LogP contribution in [0.1, 0.15) is 35.4 Å². The van der Waals surface area contributed by atoms with Crippen molar-refractivity contribution < 1.29 is 17.6 Å². The van der Waals surface area contributed by atoms with E-state index in [0.717, 1.165) is 30.7 Å². The molecule has 2 heterocycles. The number of hydrogen-bond acceptors (Lipinski definition) is 6. The largest absolute Gasteiger partial charge is 0.416 e. The van der Waals surface area contributed by atoms with E-state index in [0.29, 0.717) is 11.3 Å². The van der Waals surface area contributed by atoms with Crippen molar-refractivity contribution in [2.75, 3.05) is 10.2 Å². The van der Waals surface area contributed by atoms with Gasteiger partial charge in [-0.1, -0.05) is 12.1 Å². The van der Waals surface area contributed by atoms with Crippen LogP contribution < -0.4 is 10.2 Å². The van der Waals surface area contributed by atoms with Gasteiger partial charge in [0, 0.05) is 18.8 Å². The van der Waals surface area contributed by atoms with Gasteiger partial charge in [-0.25, -0.2) is 9.97 Å². The highest BCUT2D eigenvalue weighted by Crippen LogP contribution is 2.35. The van der Waals surface area contributed by atoms with Crippen LogP contribution in [0.2, 0.25) is 0 Å². The van der Waals surface area contributed by atoms with E-state index < -0.39 is 17.6 Å². The van der Waals surface area contributed by atoms with Gasteiger partial charge in [-0.05, 0) is 37.5 Å². The van der Waals surface area contributed by atoms with Gasteiger partial charge >= 0.3 is 6.18 Å². The second-order valence-electron chi connectivity index (χ2n) is 7.42. The molecular weight excluding hydrogens is 412 g/mol. The summed E-state index contributed by atoms with van der Waals surface area (Å²) in [5.74, 6) is -0.457. The highest BCUT2D eigenvalue weighted by Gasteiger charge is 2.33. The molecule has 0 radical (unpaired) electrons. The van der Waals surface area contributed by atoms with E-state index in [1.54, 1.807) is 17.3 Å². The summed E-state index contributed by atoms with van der Waals surface area (Å²) in [7, 11) is 0. The van der Waals surface area contributed by atoms with E-state index in [1.807, 2.05) is 6.92 Å². The Morgan fingerprint density at radius 2 is 1.77 bits per heavy atom. The van der Waals surface area contributed by atoms with E-state index in [2.05, 4.69) is 25.3 Å². The molecule has 1 aliphatic rings. The van der Waals surface area contributed by atoms with Gasteiger partial charge in [-0.2, -0.15) is 17.6 Å². The number of nitrogens with zero attached hydrogens (tertiary/aromatic N) is 5. The molecule has 1 saturated carbocycles. The number of aryl methyl sites for hydroxylation is 1. The summed E-state index contributed by atoms with van der Waals surface area (Å²) in [6.07, 6.45) is 1.83. The van der Waals surface area contributed by atoms with E-state index in [9.17, 15) is 13.2 Å². The van der Waals surface area contributed by atoms with Gasteiger partial charge in [0.05, 0.1) is 29.7 Å². The van der Waals surface area contributed by atoms with Gasteiger partial charge in [-0.15, -0.1) is 0 Å². The molecule has 31 heavy (non-hydrogen) atoms. The average Bonchev–Trinajstić information content (AvgIpc) is 3.58. The molecule has 10 heteroatoms. The predicted molar refractivity (Wildman–Crippen MR) is 107 cm³/mol. The highest BCUT2D eigenvalue weighted by atomic mass is 19.4. The Kier molecular flexibility index (Phi) is 5.71. The van der Waals surface area contributed by atoms with Gasteiger partial charge in [0.15, 0.2) is 11.6 Å². The maximum Gasteiger partial charge on any atom is 0.416 e. The minimum absolute atomic E-state index is 0.0328. The van der Waals surface area contributed by atoms with E-state index in [4.69, 9.17) is 0 Å². The number of rotatable bonds is 7. The lowest BCUT2D eigenvalue weighted by Gasteiger charge is -2.24. The number of anilines is 2. The van der Waals surface area contributed by atoms with Crippen LogP contribution in [0.4, 0.5) is 29.2 Å². The topological polar surface area (TPSA) is 66.8 Å². The molecule has 3 aromatic rings. The van der Waals surface area contributed by atoms with Crippen LogP contribution >= 0.6 is 0 Å². The SMILES string of the molecule is Cc1cnc(CNc2ncnc(N(Cc3ccc(C(F)(F)F)cc3)C3CC3)c2F)cn1. The fourth-order valence-corrected chi connectivity index (χ4v) is 3.13. The third-order valence-corrected chi connectivity index (χ3v) is 4.94. The highest BCUT2D eigenvalue weighted by molar-refractivity contribution is 5.52. The second kappa shape index (κ2) is 8.44. The van der Waals surface area contributed by atoms with Crippen LogP contribution in [0.15, 0.2) is 43.0 Å². The van der Waals surface area contributed by atoms with Gasteiger partial charge < -0.3 is 10.2 Å². The number of halogens is 4. The third kappa shape index (κ3) is 5.07. The van der Waals surface area contributed by atoms with E-state index in [-0.39, 0.29) is 30.8 Å². The molecule has 0 amide bonds. The van der Waals surface area contributed by atoms with Crippen molar-refractivity contribution in [1.82, 2.24) is 19.9 Å². The Morgan fingerprint density at radius 3 is 2.39 bits per heavy atom. The van der Waals surface area contributed by atoms with Crippen molar-refractivity contribution in [3.05, 3.63) is 71.3 Å². The third-order valence-electron chi connectivity index (χ3n) is 4.94. The first-order chi connectivity index (χ1) is 14.8. The minimum Gasteiger partial charge on any atom is -0.362 e. The van der Waals surface area contributed by atoms with Crippen LogP contribution in [0.5, 0.6) is 0 Å². The lowest BCUT2D eigenvalue weighted by Crippen LogP contribution is -2.27. The predicted octanol–water partition coefficient (Wildman–Crippen LogP) is 4.51. The number of hydrogen-bond donors (Lipinski definition) is 1. The van der Waals surface area contributed by atoms with Crippen molar-refractivity contribution in [1.29, 1.82) is 0 Å². The van der Waals surface area contributed by atoms with E-state index in [1.165, 1.54) is 18.5 Å². The standard InChI is InChI=1S/C21H20F4N6/c1-13-8-27-16(9-26-13)10-28-19-18(22)20(30-12-29-19)31(17-6-7-17)11-14-2-4-15(5-3-14)21(23,24)25/h2-5,8-9,12,17H,6-7,10-11H2,1H3,(H,28,29,30). The Morgan fingerprint density at radius 1 is 1.03 bits per heavy atom. The van der Waals surface area contributed by atoms with Gasteiger partial charge in [0.2, 0.25) is 5.82 Å². The average molecular weight is 432 g/mol. The number of benzene rings is 1. The molecule has 0 atom stereocenters. The van der Waals surface area contributed by atoms with Crippen molar-refractivity contribution >= 4 is 11.6 Å². The lowest BCUT2D eigenvalue weighted by atomic mass is 10.1. The summed E-state index contributed by atoms with van der Waals surface area (Å²) < 4.78 is 53.6. The molecule has 1 aliphatic carbocycles. The van der Waals surface area contributed by atoms with Crippen molar-refractivity contribution in [3.63, 3.8) is 0 Å². The monoisotopic (exact) mass is 432 g/mol. The summed E-state index contributed by atoms with van der Waals surface area (Å²) in [5.41, 5.74) is 1.34. The Hall–Kier alpha value is -3.30. The Balaban J connectivity index is 1.52. The van der Waals surface area contributed by atoms with Crippen LogP contribution in [0.3, 0.4) is 0 Å². The van der Waals surface area contributed by atoms with Gasteiger partial charge in [0.25, 0.3) is 0 Å². The van der Waals surface area contributed by atoms with Crippen LogP contribution in [-0.2, 0) is 19.3 Å². The zero-order chi connectivity index (χ0) is 22.0. The molecule has 2 aromatic heterocycles. The summed E-state index contributed by atoms with van der Waals surface area (Å²) >= 11 is 0. The number of nitrogens with one attached hydrogen (secondary N) is 1. The molecule has 0 saturated heterocycles. The molecule has 1 N–H and O–H groups in total. The number of alkyl halides is 3. The molecule has 162 valence electrons. The first kappa shape index (κ1) is 21.0. The Labute approximate surface area is 176 Å². The Bertz CT molecular complexity index is 1030. The quantitative estimate of drug-likeness (QED) is 0.554. The molecule has 1 aromatic carbocycles. The summed E-state index contributed by atoms with van der Waals surface area (Å²) in [6.45, 7) is 2.31. The number of aromatic nitrogens is 4. The summed E-state index contributed by atoms with van der Waals surface area (Å²) in [4.78, 5) is 18.2. The van der Waals surface area contributed by atoms with Crippen molar-refractivity contribution in [3.8, 4) is 0 Å². The first-order valence-corrected chi connectivity index (χ1v) is 9.76.